The van der Waals surface area contributed by atoms with Crippen molar-refractivity contribution in [1.82, 2.24) is 24.3 Å². The van der Waals surface area contributed by atoms with Crippen molar-refractivity contribution in [3.05, 3.63) is 54.5 Å². The number of hydrogen-bond donors (Lipinski definition) is 0. The lowest BCUT2D eigenvalue weighted by Gasteiger charge is -2.35. The predicted molar refractivity (Wildman–Crippen MR) is 118 cm³/mol. The molecule has 156 valence electrons. The van der Waals surface area contributed by atoms with Crippen LogP contribution in [0.15, 0.2) is 48.9 Å². The van der Waals surface area contributed by atoms with Crippen LogP contribution in [0.2, 0.25) is 0 Å². The van der Waals surface area contributed by atoms with Crippen molar-refractivity contribution in [3.8, 4) is 0 Å². The molecule has 0 aliphatic carbocycles. The van der Waals surface area contributed by atoms with Gasteiger partial charge in [-0.25, -0.2) is 9.97 Å². The molecular weight excluding hydrogens is 376 g/mol. The number of piperidine rings is 1. The standard InChI is InChI=1S/C23H28N6O/c1-26-11-13-27(14-12-26)22-15-18(8-9-24-22)23(30)28-10-4-5-19(16-28)29-17-25-20-6-2-3-7-21(20)29/h2-3,6-9,15,17,19H,4-5,10-14,16H2,1H3. The normalized spacial score (nSPS) is 20.6. The minimum atomic E-state index is 0.0990. The van der Waals surface area contributed by atoms with Crippen molar-refractivity contribution in [3.63, 3.8) is 0 Å². The van der Waals surface area contributed by atoms with E-state index in [1.165, 1.54) is 0 Å². The first-order valence-electron chi connectivity index (χ1n) is 10.8. The number of likely N-dealkylation sites (N-methyl/N-ethyl adjacent to an activating group) is 1. The van der Waals surface area contributed by atoms with E-state index in [0.717, 1.165) is 68.0 Å². The van der Waals surface area contributed by atoms with Crippen LogP contribution in [0.3, 0.4) is 0 Å². The van der Waals surface area contributed by atoms with Gasteiger partial charge in [0.05, 0.1) is 23.4 Å². The lowest BCUT2D eigenvalue weighted by atomic mass is 10.0. The summed E-state index contributed by atoms with van der Waals surface area (Å²) < 4.78 is 2.23. The van der Waals surface area contributed by atoms with Gasteiger partial charge >= 0.3 is 0 Å². The zero-order valence-corrected chi connectivity index (χ0v) is 17.4. The quantitative estimate of drug-likeness (QED) is 0.672. The molecule has 1 unspecified atom stereocenters. The first kappa shape index (κ1) is 19.1. The lowest BCUT2D eigenvalue weighted by molar-refractivity contribution is 0.0681. The van der Waals surface area contributed by atoms with Crippen LogP contribution in [0.5, 0.6) is 0 Å². The summed E-state index contributed by atoms with van der Waals surface area (Å²) in [6.45, 7) is 5.44. The van der Waals surface area contributed by atoms with E-state index in [9.17, 15) is 4.79 Å². The average molecular weight is 405 g/mol. The molecule has 0 N–H and O–H groups in total. The van der Waals surface area contributed by atoms with E-state index < -0.39 is 0 Å². The first-order valence-corrected chi connectivity index (χ1v) is 10.8. The third-order valence-electron chi connectivity index (χ3n) is 6.38. The zero-order valence-electron chi connectivity index (χ0n) is 17.4. The third kappa shape index (κ3) is 3.65. The second-order valence-electron chi connectivity index (χ2n) is 8.38. The van der Waals surface area contributed by atoms with Crippen LogP contribution >= 0.6 is 0 Å². The molecule has 2 fully saturated rings. The molecule has 0 saturated carbocycles. The molecule has 5 rings (SSSR count). The van der Waals surface area contributed by atoms with Gasteiger partial charge in [-0.05, 0) is 44.2 Å². The molecule has 1 aromatic carbocycles. The molecule has 0 bridgehead atoms. The Hall–Kier alpha value is -2.93. The van der Waals surface area contributed by atoms with Gasteiger partial charge in [0.15, 0.2) is 0 Å². The van der Waals surface area contributed by atoms with E-state index in [1.807, 2.05) is 41.6 Å². The Bertz CT molecular complexity index is 1040. The summed E-state index contributed by atoms with van der Waals surface area (Å²) in [6, 6.07) is 12.3. The van der Waals surface area contributed by atoms with Crippen LogP contribution in [0.4, 0.5) is 5.82 Å². The minimum Gasteiger partial charge on any atom is -0.354 e. The molecule has 3 aromatic rings. The molecule has 2 aliphatic heterocycles. The smallest absolute Gasteiger partial charge is 0.254 e. The number of benzene rings is 1. The van der Waals surface area contributed by atoms with Gasteiger partial charge in [-0.15, -0.1) is 0 Å². The van der Waals surface area contributed by atoms with Gasteiger partial charge in [0.2, 0.25) is 0 Å². The van der Waals surface area contributed by atoms with Gasteiger partial charge < -0.3 is 19.3 Å². The second kappa shape index (κ2) is 8.07. The highest BCUT2D eigenvalue weighted by Gasteiger charge is 2.27. The van der Waals surface area contributed by atoms with E-state index in [-0.39, 0.29) is 11.9 Å². The number of carbonyl (C=O) groups is 1. The molecule has 7 heteroatoms. The number of imidazole rings is 1. The van der Waals surface area contributed by atoms with Crippen LogP contribution in [0.25, 0.3) is 11.0 Å². The second-order valence-corrected chi connectivity index (χ2v) is 8.38. The van der Waals surface area contributed by atoms with E-state index in [1.54, 1.807) is 6.20 Å². The van der Waals surface area contributed by atoms with Crippen molar-refractivity contribution in [2.24, 2.45) is 0 Å². The van der Waals surface area contributed by atoms with Gasteiger partial charge in [0, 0.05) is 51.0 Å². The Morgan fingerprint density at radius 1 is 1.03 bits per heavy atom. The fraction of sp³-hybridized carbons (Fsp3) is 0.435. The highest BCUT2D eigenvalue weighted by molar-refractivity contribution is 5.95. The maximum Gasteiger partial charge on any atom is 0.254 e. The van der Waals surface area contributed by atoms with Crippen LogP contribution in [-0.4, -0.2) is 76.6 Å². The number of nitrogens with zero attached hydrogens (tertiary/aromatic N) is 6. The molecular formula is C23H28N6O. The number of aromatic nitrogens is 3. The van der Waals surface area contributed by atoms with E-state index >= 15 is 0 Å². The average Bonchev–Trinajstić information content (AvgIpc) is 3.23. The minimum absolute atomic E-state index is 0.0990. The third-order valence-corrected chi connectivity index (χ3v) is 6.38. The summed E-state index contributed by atoms with van der Waals surface area (Å²) in [5, 5.41) is 0. The number of hydrogen-bond acceptors (Lipinski definition) is 5. The van der Waals surface area contributed by atoms with Crippen molar-refractivity contribution in [1.29, 1.82) is 0 Å². The monoisotopic (exact) mass is 404 g/mol. The Balaban J connectivity index is 1.33. The number of carbonyl (C=O) groups excluding carboxylic acids is 1. The van der Waals surface area contributed by atoms with Crippen LogP contribution < -0.4 is 4.90 Å². The number of para-hydroxylation sites is 2. The van der Waals surface area contributed by atoms with Gasteiger partial charge in [-0.1, -0.05) is 12.1 Å². The number of rotatable bonds is 3. The predicted octanol–water partition coefficient (Wildman–Crippen LogP) is 2.66. The van der Waals surface area contributed by atoms with E-state index in [2.05, 4.69) is 37.4 Å². The molecule has 30 heavy (non-hydrogen) atoms. The molecule has 1 atom stereocenters. The number of amides is 1. The molecule has 4 heterocycles. The van der Waals surface area contributed by atoms with Gasteiger partial charge in [-0.2, -0.15) is 0 Å². The Kier molecular flexibility index (Phi) is 5.12. The number of anilines is 1. The number of likely N-dealkylation sites (tertiary alicyclic amines) is 1. The van der Waals surface area contributed by atoms with Gasteiger partial charge in [0.1, 0.15) is 5.82 Å². The van der Waals surface area contributed by atoms with E-state index in [0.29, 0.717) is 6.54 Å². The van der Waals surface area contributed by atoms with Crippen molar-refractivity contribution in [2.75, 3.05) is 51.2 Å². The Morgan fingerprint density at radius 2 is 1.87 bits per heavy atom. The van der Waals surface area contributed by atoms with Gasteiger partial charge in [0.25, 0.3) is 5.91 Å². The summed E-state index contributed by atoms with van der Waals surface area (Å²) in [5.74, 6) is 1.00. The molecule has 2 aromatic heterocycles. The van der Waals surface area contributed by atoms with Crippen molar-refractivity contribution in [2.45, 2.75) is 18.9 Å². The van der Waals surface area contributed by atoms with Crippen LogP contribution in [-0.2, 0) is 0 Å². The summed E-state index contributed by atoms with van der Waals surface area (Å²) in [7, 11) is 2.14. The molecule has 0 radical (unpaired) electrons. The maximum absolute atomic E-state index is 13.3. The lowest BCUT2D eigenvalue weighted by Crippen LogP contribution is -2.45. The van der Waals surface area contributed by atoms with Crippen molar-refractivity contribution < 1.29 is 4.79 Å². The SMILES string of the molecule is CN1CCN(c2cc(C(=O)N3CCCC(n4cnc5ccccc54)C3)ccn2)CC1. The largest absolute Gasteiger partial charge is 0.354 e. The molecule has 1 amide bonds. The fourth-order valence-electron chi connectivity index (χ4n) is 4.58. The summed E-state index contributed by atoms with van der Waals surface area (Å²) >= 11 is 0. The highest BCUT2D eigenvalue weighted by atomic mass is 16.2. The maximum atomic E-state index is 13.3. The molecule has 2 aliphatic rings. The van der Waals surface area contributed by atoms with Crippen LogP contribution in [0, 0.1) is 0 Å². The summed E-state index contributed by atoms with van der Waals surface area (Å²) in [5.41, 5.74) is 2.88. The summed E-state index contributed by atoms with van der Waals surface area (Å²) in [4.78, 5) is 29.0. The molecule has 2 saturated heterocycles. The fourth-order valence-corrected chi connectivity index (χ4v) is 4.58. The zero-order chi connectivity index (χ0) is 20.5. The molecule has 7 nitrogen and oxygen atoms in total. The highest BCUT2D eigenvalue weighted by Crippen LogP contribution is 2.27. The number of piperazine rings is 1. The van der Waals surface area contributed by atoms with Crippen LogP contribution in [0.1, 0.15) is 29.2 Å². The number of fused-ring (bicyclic) bond motifs is 1. The molecule has 0 spiro atoms. The Morgan fingerprint density at radius 3 is 2.73 bits per heavy atom. The summed E-state index contributed by atoms with van der Waals surface area (Å²) in [6.07, 6.45) is 5.75. The van der Waals surface area contributed by atoms with Gasteiger partial charge in [-0.3, -0.25) is 4.79 Å². The van der Waals surface area contributed by atoms with Crippen molar-refractivity contribution >= 4 is 22.8 Å². The number of pyridine rings is 1. The topological polar surface area (TPSA) is 57.5 Å². The first-order chi connectivity index (χ1) is 14.7. The Labute approximate surface area is 176 Å². The van der Waals surface area contributed by atoms with E-state index in [4.69, 9.17) is 0 Å².